The van der Waals surface area contributed by atoms with Crippen molar-refractivity contribution in [3.63, 3.8) is 0 Å². The third-order valence-electron chi connectivity index (χ3n) is 4.86. The number of rotatable bonds is 3. The van der Waals surface area contributed by atoms with Gasteiger partial charge in [-0.05, 0) is 18.8 Å². The normalized spacial score (nSPS) is 23.6. The highest BCUT2D eigenvalue weighted by molar-refractivity contribution is 5.85. The van der Waals surface area contributed by atoms with E-state index in [1.54, 1.807) is 0 Å². The molecule has 4 nitrogen and oxygen atoms in total. The van der Waals surface area contributed by atoms with Crippen molar-refractivity contribution >= 4 is 5.91 Å². The molecule has 2 aliphatic rings. The summed E-state index contributed by atoms with van der Waals surface area (Å²) in [6.45, 7) is 9.04. The molecule has 2 fully saturated rings. The highest BCUT2D eigenvalue weighted by atomic mass is 16.2. The van der Waals surface area contributed by atoms with Crippen molar-refractivity contribution in [1.82, 2.24) is 9.80 Å². The van der Waals surface area contributed by atoms with E-state index in [2.05, 4.69) is 24.8 Å². The van der Waals surface area contributed by atoms with Gasteiger partial charge in [-0.3, -0.25) is 9.69 Å². The number of piperazine rings is 1. The Morgan fingerprint density at radius 3 is 2.14 bits per heavy atom. The first kappa shape index (κ1) is 16.3. The molecule has 0 aromatic carbocycles. The van der Waals surface area contributed by atoms with Crippen LogP contribution in [0.2, 0.25) is 0 Å². The van der Waals surface area contributed by atoms with Crippen LogP contribution in [0.4, 0.5) is 0 Å². The quantitative estimate of drug-likeness (QED) is 0.751. The largest absolute Gasteiger partial charge is 0.339 e. The summed E-state index contributed by atoms with van der Waals surface area (Å²) >= 11 is 0. The molecule has 1 saturated heterocycles. The molecular formula is C17H29N3O. The SMILES string of the molecule is CC(C)CN1CCN(C(=O)C2(C#N)CCCCCC2)CC1. The predicted octanol–water partition coefficient (Wildman–Crippen LogP) is 2.65. The molecule has 4 heteroatoms. The highest BCUT2D eigenvalue weighted by Crippen LogP contribution is 2.36. The van der Waals surface area contributed by atoms with Crippen LogP contribution in [-0.2, 0) is 4.79 Å². The Morgan fingerprint density at radius 2 is 1.67 bits per heavy atom. The van der Waals surface area contributed by atoms with Gasteiger partial charge in [0.2, 0.25) is 5.91 Å². The Balaban J connectivity index is 1.95. The highest BCUT2D eigenvalue weighted by Gasteiger charge is 2.42. The third kappa shape index (κ3) is 3.97. The van der Waals surface area contributed by atoms with Gasteiger partial charge in [0.25, 0.3) is 0 Å². The lowest BCUT2D eigenvalue weighted by atomic mass is 9.80. The molecule has 1 aliphatic carbocycles. The van der Waals surface area contributed by atoms with Gasteiger partial charge in [0, 0.05) is 32.7 Å². The molecular weight excluding hydrogens is 262 g/mol. The molecule has 0 N–H and O–H groups in total. The molecule has 1 amide bonds. The van der Waals surface area contributed by atoms with Gasteiger partial charge in [-0.15, -0.1) is 0 Å². The van der Waals surface area contributed by atoms with Crippen molar-refractivity contribution in [2.75, 3.05) is 32.7 Å². The second-order valence-electron chi connectivity index (χ2n) is 7.09. The summed E-state index contributed by atoms with van der Waals surface area (Å²) in [5.41, 5.74) is -0.725. The van der Waals surface area contributed by atoms with Gasteiger partial charge < -0.3 is 4.90 Å². The van der Waals surface area contributed by atoms with E-state index in [4.69, 9.17) is 0 Å². The molecule has 2 rings (SSSR count). The summed E-state index contributed by atoms with van der Waals surface area (Å²) in [4.78, 5) is 17.3. The minimum Gasteiger partial charge on any atom is -0.339 e. The van der Waals surface area contributed by atoms with Gasteiger partial charge in [-0.25, -0.2) is 0 Å². The van der Waals surface area contributed by atoms with Gasteiger partial charge in [-0.1, -0.05) is 39.5 Å². The van der Waals surface area contributed by atoms with Gasteiger partial charge >= 0.3 is 0 Å². The van der Waals surface area contributed by atoms with Crippen molar-refractivity contribution in [2.45, 2.75) is 52.4 Å². The van der Waals surface area contributed by atoms with E-state index in [9.17, 15) is 10.1 Å². The molecule has 1 aliphatic heterocycles. The summed E-state index contributed by atoms with van der Waals surface area (Å²) in [5, 5.41) is 9.63. The number of nitrogens with zero attached hydrogens (tertiary/aromatic N) is 3. The zero-order valence-electron chi connectivity index (χ0n) is 13.6. The summed E-state index contributed by atoms with van der Waals surface area (Å²) in [6.07, 6.45) is 5.89. The van der Waals surface area contributed by atoms with Crippen LogP contribution in [-0.4, -0.2) is 48.4 Å². The maximum absolute atomic E-state index is 12.9. The van der Waals surface area contributed by atoms with Crippen LogP contribution in [0.3, 0.4) is 0 Å². The predicted molar refractivity (Wildman–Crippen MR) is 83.6 cm³/mol. The zero-order valence-corrected chi connectivity index (χ0v) is 13.6. The number of hydrogen-bond donors (Lipinski definition) is 0. The van der Waals surface area contributed by atoms with Gasteiger partial charge in [0.05, 0.1) is 6.07 Å². The molecule has 0 atom stereocenters. The van der Waals surface area contributed by atoms with Gasteiger partial charge in [-0.2, -0.15) is 5.26 Å². The second kappa shape index (κ2) is 7.26. The molecule has 0 unspecified atom stereocenters. The fourth-order valence-corrected chi connectivity index (χ4v) is 3.66. The van der Waals surface area contributed by atoms with E-state index in [1.165, 1.54) is 12.8 Å². The van der Waals surface area contributed by atoms with E-state index in [-0.39, 0.29) is 5.91 Å². The monoisotopic (exact) mass is 291 g/mol. The second-order valence-corrected chi connectivity index (χ2v) is 7.09. The zero-order chi connectivity index (χ0) is 15.3. The van der Waals surface area contributed by atoms with E-state index in [1.807, 2.05) is 4.90 Å². The molecule has 0 aromatic rings. The average molecular weight is 291 g/mol. The van der Waals surface area contributed by atoms with Gasteiger partial charge in [0.15, 0.2) is 0 Å². The standard InChI is InChI=1S/C17H29N3O/c1-15(2)13-19-9-11-20(12-10-19)16(21)17(14-18)7-5-3-4-6-8-17/h15H,3-13H2,1-2H3. The Bertz CT molecular complexity index is 383. The van der Waals surface area contributed by atoms with Crippen molar-refractivity contribution < 1.29 is 4.79 Å². The van der Waals surface area contributed by atoms with Crippen LogP contribution in [0.5, 0.6) is 0 Å². The van der Waals surface area contributed by atoms with Crippen molar-refractivity contribution in [3.05, 3.63) is 0 Å². The lowest BCUT2D eigenvalue weighted by molar-refractivity contribution is -0.141. The Kier molecular flexibility index (Phi) is 5.64. The van der Waals surface area contributed by atoms with Crippen molar-refractivity contribution in [3.8, 4) is 6.07 Å². The van der Waals surface area contributed by atoms with Crippen LogP contribution >= 0.6 is 0 Å². The molecule has 1 heterocycles. The van der Waals surface area contributed by atoms with Crippen LogP contribution in [0.15, 0.2) is 0 Å². The number of hydrogen-bond acceptors (Lipinski definition) is 3. The topological polar surface area (TPSA) is 47.3 Å². The first-order valence-corrected chi connectivity index (χ1v) is 8.50. The van der Waals surface area contributed by atoms with Crippen molar-refractivity contribution in [1.29, 1.82) is 5.26 Å². The lowest BCUT2D eigenvalue weighted by Crippen LogP contribution is -2.53. The van der Waals surface area contributed by atoms with E-state index in [0.29, 0.717) is 5.92 Å². The molecule has 0 spiro atoms. The van der Waals surface area contributed by atoms with E-state index in [0.717, 1.165) is 58.4 Å². The first-order valence-electron chi connectivity index (χ1n) is 8.50. The number of amides is 1. The number of carbonyl (C=O) groups excluding carboxylic acids is 1. The number of carbonyl (C=O) groups is 1. The van der Waals surface area contributed by atoms with Crippen LogP contribution < -0.4 is 0 Å². The van der Waals surface area contributed by atoms with Crippen LogP contribution in [0.25, 0.3) is 0 Å². The summed E-state index contributed by atoms with van der Waals surface area (Å²) in [5.74, 6) is 0.774. The summed E-state index contributed by atoms with van der Waals surface area (Å²) < 4.78 is 0. The fraction of sp³-hybridized carbons (Fsp3) is 0.882. The molecule has 0 radical (unpaired) electrons. The van der Waals surface area contributed by atoms with E-state index < -0.39 is 5.41 Å². The Morgan fingerprint density at radius 1 is 1.10 bits per heavy atom. The summed E-state index contributed by atoms with van der Waals surface area (Å²) in [6, 6.07) is 2.39. The Labute approximate surface area is 129 Å². The van der Waals surface area contributed by atoms with E-state index >= 15 is 0 Å². The maximum Gasteiger partial charge on any atom is 0.243 e. The Hall–Kier alpha value is -1.08. The minimum atomic E-state index is -0.725. The van der Waals surface area contributed by atoms with Crippen molar-refractivity contribution in [2.24, 2.45) is 11.3 Å². The molecule has 0 bridgehead atoms. The average Bonchev–Trinajstić information content (AvgIpc) is 2.73. The molecule has 21 heavy (non-hydrogen) atoms. The summed E-state index contributed by atoms with van der Waals surface area (Å²) in [7, 11) is 0. The smallest absolute Gasteiger partial charge is 0.243 e. The minimum absolute atomic E-state index is 0.107. The molecule has 118 valence electrons. The fourth-order valence-electron chi connectivity index (χ4n) is 3.66. The third-order valence-corrected chi connectivity index (χ3v) is 4.86. The number of nitriles is 1. The van der Waals surface area contributed by atoms with Crippen LogP contribution in [0, 0.1) is 22.7 Å². The maximum atomic E-state index is 12.9. The first-order chi connectivity index (χ1) is 10.1. The van der Waals surface area contributed by atoms with Gasteiger partial charge in [0.1, 0.15) is 5.41 Å². The lowest BCUT2D eigenvalue weighted by Gasteiger charge is -2.39. The molecule has 0 aromatic heterocycles. The van der Waals surface area contributed by atoms with Crippen LogP contribution in [0.1, 0.15) is 52.4 Å². The molecule has 1 saturated carbocycles.